The Bertz CT molecular complexity index is 1100. The first kappa shape index (κ1) is 20.5. The van der Waals surface area contributed by atoms with Crippen molar-refractivity contribution in [3.63, 3.8) is 0 Å². The lowest BCUT2D eigenvalue weighted by Crippen LogP contribution is -2.30. The second-order valence-corrected chi connectivity index (χ2v) is 6.88. The molecule has 9 nitrogen and oxygen atoms in total. The normalized spacial score (nSPS) is 17.6. The number of likely N-dealkylation sites (tertiary alicyclic amines) is 1. The highest BCUT2D eigenvalue weighted by atomic mass is 16.6. The van der Waals surface area contributed by atoms with Crippen molar-refractivity contribution >= 4 is 28.8 Å². The Labute approximate surface area is 172 Å². The van der Waals surface area contributed by atoms with E-state index >= 15 is 0 Å². The van der Waals surface area contributed by atoms with Gasteiger partial charge in [0.15, 0.2) is 0 Å². The number of amides is 1. The largest absolute Gasteiger partial charge is 0.507 e. The zero-order valence-corrected chi connectivity index (χ0v) is 16.3. The smallest absolute Gasteiger partial charge is 0.296 e. The molecular formula is C21H18N4O5. The first-order chi connectivity index (χ1) is 14.3. The van der Waals surface area contributed by atoms with Crippen LogP contribution in [0.4, 0.5) is 11.4 Å². The van der Waals surface area contributed by atoms with Crippen LogP contribution in [0.15, 0.2) is 54.1 Å². The molecule has 3 rings (SSSR count). The van der Waals surface area contributed by atoms with Crippen LogP contribution in [0.5, 0.6) is 0 Å². The predicted octanol–water partition coefficient (Wildman–Crippen LogP) is 2.61. The lowest BCUT2D eigenvalue weighted by Gasteiger charge is -2.23. The third kappa shape index (κ3) is 3.58. The van der Waals surface area contributed by atoms with E-state index in [1.54, 1.807) is 24.3 Å². The molecule has 9 heteroatoms. The van der Waals surface area contributed by atoms with Crippen LogP contribution in [0, 0.1) is 21.4 Å². The van der Waals surface area contributed by atoms with Gasteiger partial charge in [-0.05, 0) is 17.7 Å². The Balaban J connectivity index is 2.18. The first-order valence-corrected chi connectivity index (χ1v) is 8.93. The number of carbonyl (C=O) groups excluding carboxylic acids is 2. The summed E-state index contributed by atoms with van der Waals surface area (Å²) in [6.45, 7) is -0.351. The van der Waals surface area contributed by atoms with Crippen molar-refractivity contribution in [2.45, 2.75) is 6.04 Å². The molecule has 1 aliphatic heterocycles. The zero-order chi connectivity index (χ0) is 22.0. The van der Waals surface area contributed by atoms with Gasteiger partial charge in [-0.15, -0.1) is 0 Å². The van der Waals surface area contributed by atoms with Gasteiger partial charge in [0.05, 0.1) is 22.6 Å². The van der Waals surface area contributed by atoms with Crippen LogP contribution in [0.1, 0.15) is 17.2 Å². The molecular weight excluding hydrogens is 388 g/mol. The molecule has 1 N–H and O–H groups in total. The molecule has 1 saturated heterocycles. The van der Waals surface area contributed by atoms with Gasteiger partial charge in [0, 0.05) is 37.5 Å². The van der Waals surface area contributed by atoms with E-state index in [1.165, 1.54) is 18.2 Å². The molecule has 1 unspecified atom stereocenters. The average molecular weight is 406 g/mol. The van der Waals surface area contributed by atoms with Gasteiger partial charge < -0.3 is 14.9 Å². The van der Waals surface area contributed by atoms with E-state index in [9.17, 15) is 24.8 Å². The SMILES string of the molecule is CN(C)c1ccc(C2/C(=C(\O)c3cccc([N+](=O)[O-])c3)C(=O)C(=O)N2CC#N)cc1. The number of nitrogens with zero attached hydrogens (tertiary/aromatic N) is 4. The molecule has 30 heavy (non-hydrogen) atoms. The maximum absolute atomic E-state index is 12.7. The lowest BCUT2D eigenvalue weighted by molar-refractivity contribution is -0.384. The highest BCUT2D eigenvalue weighted by molar-refractivity contribution is 6.46. The van der Waals surface area contributed by atoms with Gasteiger partial charge in [-0.2, -0.15) is 5.26 Å². The number of aliphatic hydroxyl groups is 1. The molecule has 1 aliphatic rings. The summed E-state index contributed by atoms with van der Waals surface area (Å²) in [5, 5.41) is 31.0. The second-order valence-electron chi connectivity index (χ2n) is 6.88. The minimum Gasteiger partial charge on any atom is -0.507 e. The number of rotatable bonds is 5. The van der Waals surface area contributed by atoms with Crippen molar-refractivity contribution in [2.75, 3.05) is 25.5 Å². The zero-order valence-electron chi connectivity index (χ0n) is 16.3. The summed E-state index contributed by atoms with van der Waals surface area (Å²) in [7, 11) is 3.72. The van der Waals surface area contributed by atoms with Crippen molar-refractivity contribution < 1.29 is 19.6 Å². The molecule has 0 aromatic heterocycles. The number of hydrogen-bond acceptors (Lipinski definition) is 7. The molecule has 0 saturated carbocycles. The molecule has 2 aromatic rings. The number of anilines is 1. The predicted molar refractivity (Wildman–Crippen MR) is 108 cm³/mol. The van der Waals surface area contributed by atoms with Gasteiger partial charge in [0.25, 0.3) is 17.4 Å². The highest BCUT2D eigenvalue weighted by Gasteiger charge is 2.46. The Morgan fingerprint density at radius 1 is 1.23 bits per heavy atom. The first-order valence-electron chi connectivity index (χ1n) is 8.93. The number of hydrogen-bond donors (Lipinski definition) is 1. The van der Waals surface area contributed by atoms with E-state index < -0.39 is 28.4 Å². The summed E-state index contributed by atoms with van der Waals surface area (Å²) >= 11 is 0. The Morgan fingerprint density at radius 3 is 2.47 bits per heavy atom. The van der Waals surface area contributed by atoms with E-state index in [1.807, 2.05) is 25.1 Å². The molecule has 0 bridgehead atoms. The summed E-state index contributed by atoms with van der Waals surface area (Å²) in [5.74, 6) is -2.39. The number of nitro groups is 1. The topological polar surface area (TPSA) is 128 Å². The summed E-state index contributed by atoms with van der Waals surface area (Å²) in [6.07, 6.45) is 0. The Hall–Kier alpha value is -4.19. The number of nitriles is 1. The third-order valence-corrected chi connectivity index (χ3v) is 4.84. The Kier molecular flexibility index (Phi) is 5.51. The van der Waals surface area contributed by atoms with Crippen LogP contribution < -0.4 is 4.90 Å². The molecule has 1 amide bonds. The number of nitro benzene ring substituents is 1. The third-order valence-electron chi connectivity index (χ3n) is 4.84. The van der Waals surface area contributed by atoms with Crippen molar-refractivity contribution in [3.05, 3.63) is 75.3 Å². The molecule has 1 fully saturated rings. The van der Waals surface area contributed by atoms with Crippen LogP contribution in [-0.4, -0.2) is 47.3 Å². The van der Waals surface area contributed by atoms with Crippen LogP contribution in [0.3, 0.4) is 0 Å². The molecule has 0 radical (unpaired) electrons. The highest BCUT2D eigenvalue weighted by Crippen LogP contribution is 2.39. The van der Waals surface area contributed by atoms with Gasteiger partial charge >= 0.3 is 0 Å². The fraction of sp³-hybridized carbons (Fsp3) is 0.190. The number of carbonyl (C=O) groups is 2. The van der Waals surface area contributed by atoms with Crippen molar-refractivity contribution in [1.82, 2.24) is 4.90 Å². The lowest BCUT2D eigenvalue weighted by atomic mass is 9.95. The number of ketones is 1. The maximum atomic E-state index is 12.7. The van der Waals surface area contributed by atoms with Gasteiger partial charge in [-0.25, -0.2) is 0 Å². The van der Waals surface area contributed by atoms with Crippen molar-refractivity contribution in [3.8, 4) is 6.07 Å². The van der Waals surface area contributed by atoms with Gasteiger partial charge in [-0.1, -0.05) is 24.3 Å². The van der Waals surface area contributed by atoms with Crippen LogP contribution in [0.25, 0.3) is 5.76 Å². The summed E-state index contributed by atoms with van der Waals surface area (Å²) < 4.78 is 0. The quantitative estimate of drug-likeness (QED) is 0.202. The van der Waals surface area contributed by atoms with E-state index in [0.717, 1.165) is 16.7 Å². The van der Waals surface area contributed by atoms with Crippen molar-refractivity contribution in [2.24, 2.45) is 0 Å². The monoisotopic (exact) mass is 406 g/mol. The summed E-state index contributed by atoms with van der Waals surface area (Å²) in [5.41, 5.74) is 0.969. The van der Waals surface area contributed by atoms with Crippen molar-refractivity contribution in [1.29, 1.82) is 5.26 Å². The molecule has 2 aromatic carbocycles. The number of non-ortho nitro benzene ring substituents is 1. The number of aliphatic hydroxyl groups excluding tert-OH is 1. The molecule has 0 aliphatic carbocycles. The van der Waals surface area contributed by atoms with E-state index in [4.69, 9.17) is 5.26 Å². The molecule has 0 spiro atoms. The standard InChI is InChI=1S/C21H18N4O5/c1-23(2)15-8-6-13(7-9-15)18-17(20(27)21(28)24(18)11-10-22)19(26)14-4-3-5-16(12-14)25(29)30/h3-9,12,18,26H,11H2,1-2H3/b19-17+. The molecule has 152 valence electrons. The van der Waals surface area contributed by atoms with Crippen LogP contribution in [0.2, 0.25) is 0 Å². The van der Waals surface area contributed by atoms with Crippen LogP contribution in [-0.2, 0) is 9.59 Å². The van der Waals surface area contributed by atoms with Crippen LogP contribution >= 0.6 is 0 Å². The average Bonchev–Trinajstić information content (AvgIpc) is 2.98. The fourth-order valence-electron chi connectivity index (χ4n) is 3.34. The van der Waals surface area contributed by atoms with Gasteiger partial charge in [0.2, 0.25) is 0 Å². The second kappa shape index (κ2) is 8.05. The molecule has 1 heterocycles. The summed E-state index contributed by atoms with van der Waals surface area (Å²) in [6, 6.07) is 13.0. The summed E-state index contributed by atoms with van der Waals surface area (Å²) in [4.78, 5) is 38.7. The van der Waals surface area contributed by atoms with Gasteiger partial charge in [-0.3, -0.25) is 19.7 Å². The molecule has 1 atom stereocenters. The maximum Gasteiger partial charge on any atom is 0.296 e. The fourth-order valence-corrected chi connectivity index (χ4v) is 3.34. The van der Waals surface area contributed by atoms with Gasteiger partial charge in [0.1, 0.15) is 12.3 Å². The number of Topliss-reactive ketones (excluding diaryl/α,β-unsaturated/α-hetero) is 1. The van der Waals surface area contributed by atoms with E-state index in [-0.39, 0.29) is 23.4 Å². The minimum absolute atomic E-state index is 0.0362. The minimum atomic E-state index is -0.986. The number of benzene rings is 2. The Morgan fingerprint density at radius 2 is 1.90 bits per heavy atom. The van der Waals surface area contributed by atoms with E-state index in [2.05, 4.69) is 0 Å². The van der Waals surface area contributed by atoms with E-state index in [0.29, 0.717) is 5.56 Å².